The molecule has 1 atom stereocenters. The van der Waals surface area contributed by atoms with Gasteiger partial charge in [-0.2, -0.15) is 0 Å². The molecule has 2 N–H and O–H groups in total. The van der Waals surface area contributed by atoms with Gasteiger partial charge >= 0.3 is 0 Å². The Morgan fingerprint density at radius 3 is 2.89 bits per heavy atom. The number of hydrogen-bond acceptors (Lipinski definition) is 3. The van der Waals surface area contributed by atoms with E-state index in [-0.39, 0.29) is 6.04 Å². The monoisotopic (exact) mass is 308 g/mol. The van der Waals surface area contributed by atoms with Crippen LogP contribution in [0.4, 0.5) is 0 Å². The number of hydrogen-bond donors (Lipinski definition) is 1. The van der Waals surface area contributed by atoms with Crippen molar-refractivity contribution in [3.05, 3.63) is 45.7 Å². The van der Waals surface area contributed by atoms with E-state index in [4.69, 9.17) is 5.73 Å². The quantitative estimate of drug-likeness (QED) is 0.945. The van der Waals surface area contributed by atoms with Crippen LogP contribution in [0.1, 0.15) is 36.2 Å². The number of benzene rings is 1. The Labute approximate surface area is 115 Å². The third kappa shape index (κ3) is 2.62. The zero-order valence-electron chi connectivity index (χ0n) is 10.6. The summed E-state index contributed by atoms with van der Waals surface area (Å²) in [6.45, 7) is 5.02. The topological polar surface area (TPSA) is 56.7 Å². The molecule has 0 aliphatic carbocycles. The van der Waals surface area contributed by atoms with Gasteiger partial charge in [0.1, 0.15) is 0 Å². The van der Waals surface area contributed by atoms with Gasteiger partial charge in [0.15, 0.2) is 0 Å². The largest absolute Gasteiger partial charge is 0.319 e. The minimum atomic E-state index is -0.182. The lowest BCUT2D eigenvalue weighted by atomic mass is 10.0. The van der Waals surface area contributed by atoms with Gasteiger partial charge in [0, 0.05) is 11.0 Å². The van der Waals surface area contributed by atoms with E-state index < -0.39 is 0 Å². The zero-order chi connectivity index (χ0) is 13.1. The first-order valence-corrected chi connectivity index (χ1v) is 6.82. The average molecular weight is 309 g/mol. The smallest absolute Gasteiger partial charge is 0.0799 e. The Balaban J connectivity index is 2.32. The van der Waals surface area contributed by atoms with Crippen LogP contribution < -0.4 is 5.73 Å². The molecule has 5 heteroatoms. The number of aryl methyl sites for hydroxylation is 2. The number of halogens is 1. The molecule has 1 unspecified atom stereocenters. The Hall–Kier alpha value is -1.20. The summed E-state index contributed by atoms with van der Waals surface area (Å²) in [7, 11) is 0. The van der Waals surface area contributed by atoms with Crippen LogP contribution >= 0.6 is 15.9 Å². The molecule has 96 valence electrons. The second-order valence-electron chi connectivity index (χ2n) is 4.37. The SMILES string of the molecule is CCCn1nncc1C(N)c1ccc(Br)c(C)c1. The van der Waals surface area contributed by atoms with Crippen LogP contribution in [0.5, 0.6) is 0 Å². The fraction of sp³-hybridized carbons (Fsp3) is 0.385. The van der Waals surface area contributed by atoms with Crippen LogP contribution in [0.3, 0.4) is 0 Å². The van der Waals surface area contributed by atoms with Crippen molar-refractivity contribution in [3.63, 3.8) is 0 Å². The molecule has 2 rings (SSSR count). The lowest BCUT2D eigenvalue weighted by Gasteiger charge is -2.14. The second kappa shape index (κ2) is 5.63. The summed E-state index contributed by atoms with van der Waals surface area (Å²) in [5.41, 5.74) is 9.51. The van der Waals surface area contributed by atoms with Crippen molar-refractivity contribution >= 4 is 15.9 Å². The van der Waals surface area contributed by atoms with Crippen molar-refractivity contribution in [3.8, 4) is 0 Å². The first-order valence-electron chi connectivity index (χ1n) is 6.03. The summed E-state index contributed by atoms with van der Waals surface area (Å²) < 4.78 is 2.97. The molecule has 0 radical (unpaired) electrons. The first kappa shape index (κ1) is 13.2. The van der Waals surface area contributed by atoms with Crippen LogP contribution in [0.25, 0.3) is 0 Å². The van der Waals surface area contributed by atoms with Crippen molar-refractivity contribution in [1.82, 2.24) is 15.0 Å². The van der Waals surface area contributed by atoms with Gasteiger partial charge in [0.25, 0.3) is 0 Å². The van der Waals surface area contributed by atoms with Crippen LogP contribution in [0, 0.1) is 6.92 Å². The van der Waals surface area contributed by atoms with E-state index in [1.54, 1.807) is 6.20 Å². The highest BCUT2D eigenvalue weighted by Crippen LogP contribution is 2.23. The summed E-state index contributed by atoms with van der Waals surface area (Å²) in [5, 5.41) is 8.02. The van der Waals surface area contributed by atoms with Gasteiger partial charge < -0.3 is 5.73 Å². The van der Waals surface area contributed by atoms with Gasteiger partial charge in [-0.1, -0.05) is 40.2 Å². The lowest BCUT2D eigenvalue weighted by Crippen LogP contribution is -2.17. The highest BCUT2D eigenvalue weighted by molar-refractivity contribution is 9.10. The summed E-state index contributed by atoms with van der Waals surface area (Å²) in [5.74, 6) is 0. The van der Waals surface area contributed by atoms with E-state index in [9.17, 15) is 0 Å². The van der Waals surface area contributed by atoms with Gasteiger partial charge in [-0.05, 0) is 30.5 Å². The Morgan fingerprint density at radius 1 is 1.44 bits per heavy atom. The average Bonchev–Trinajstić information content (AvgIpc) is 2.80. The summed E-state index contributed by atoms with van der Waals surface area (Å²) in [6, 6.07) is 5.97. The van der Waals surface area contributed by atoms with Gasteiger partial charge in [-0.3, -0.25) is 0 Å². The molecule has 0 amide bonds. The van der Waals surface area contributed by atoms with Crippen molar-refractivity contribution in [1.29, 1.82) is 0 Å². The molecule has 1 heterocycles. The van der Waals surface area contributed by atoms with E-state index in [0.29, 0.717) is 0 Å². The fourth-order valence-electron chi connectivity index (χ4n) is 1.92. The van der Waals surface area contributed by atoms with Crippen LogP contribution in [-0.2, 0) is 6.54 Å². The lowest BCUT2D eigenvalue weighted by molar-refractivity contribution is 0.543. The predicted molar refractivity (Wildman–Crippen MR) is 75.2 cm³/mol. The van der Waals surface area contributed by atoms with Crippen LogP contribution in [-0.4, -0.2) is 15.0 Å². The van der Waals surface area contributed by atoms with E-state index in [2.05, 4.69) is 46.2 Å². The molecule has 0 saturated heterocycles. The fourth-order valence-corrected chi connectivity index (χ4v) is 2.17. The number of nitrogens with two attached hydrogens (primary N) is 1. The summed E-state index contributed by atoms with van der Waals surface area (Å²) in [4.78, 5) is 0. The maximum absolute atomic E-state index is 6.29. The molecule has 0 fully saturated rings. The van der Waals surface area contributed by atoms with E-state index in [0.717, 1.165) is 28.7 Å². The van der Waals surface area contributed by atoms with E-state index in [1.807, 2.05) is 16.8 Å². The molecule has 0 aliphatic heterocycles. The minimum absolute atomic E-state index is 0.182. The molecule has 0 bridgehead atoms. The molecule has 0 saturated carbocycles. The number of rotatable bonds is 4. The van der Waals surface area contributed by atoms with Gasteiger partial charge in [-0.15, -0.1) is 5.10 Å². The van der Waals surface area contributed by atoms with Crippen molar-refractivity contribution in [2.45, 2.75) is 32.9 Å². The van der Waals surface area contributed by atoms with Crippen LogP contribution in [0.15, 0.2) is 28.9 Å². The molecule has 2 aromatic rings. The maximum Gasteiger partial charge on any atom is 0.0799 e. The number of aromatic nitrogens is 3. The Bertz CT molecular complexity index is 536. The zero-order valence-corrected chi connectivity index (χ0v) is 12.2. The van der Waals surface area contributed by atoms with E-state index >= 15 is 0 Å². The normalized spacial score (nSPS) is 12.7. The third-order valence-electron chi connectivity index (χ3n) is 2.94. The maximum atomic E-state index is 6.29. The Morgan fingerprint density at radius 2 is 2.22 bits per heavy atom. The van der Waals surface area contributed by atoms with Gasteiger partial charge in [0.05, 0.1) is 17.9 Å². The number of nitrogens with zero attached hydrogens (tertiary/aromatic N) is 3. The summed E-state index contributed by atoms with van der Waals surface area (Å²) >= 11 is 3.50. The highest BCUT2D eigenvalue weighted by Gasteiger charge is 2.15. The standard InChI is InChI=1S/C13H17BrN4/c1-3-6-18-12(8-16-17-18)13(15)10-4-5-11(14)9(2)7-10/h4-5,7-8,13H,3,6,15H2,1-2H3. The summed E-state index contributed by atoms with van der Waals surface area (Å²) in [6.07, 6.45) is 2.76. The molecular weight excluding hydrogens is 292 g/mol. The molecule has 18 heavy (non-hydrogen) atoms. The molecule has 1 aromatic carbocycles. The molecule has 0 spiro atoms. The first-order chi connectivity index (χ1) is 8.63. The van der Waals surface area contributed by atoms with Gasteiger partial charge in [0.2, 0.25) is 0 Å². The van der Waals surface area contributed by atoms with Crippen LogP contribution in [0.2, 0.25) is 0 Å². The molecule has 0 aliphatic rings. The molecule has 1 aromatic heterocycles. The highest BCUT2D eigenvalue weighted by atomic mass is 79.9. The van der Waals surface area contributed by atoms with Gasteiger partial charge in [-0.25, -0.2) is 4.68 Å². The molecule has 4 nitrogen and oxygen atoms in total. The minimum Gasteiger partial charge on any atom is -0.319 e. The Kier molecular flexibility index (Phi) is 4.14. The predicted octanol–water partition coefficient (Wildman–Crippen LogP) is 2.81. The second-order valence-corrected chi connectivity index (χ2v) is 5.22. The molecular formula is C13H17BrN4. The van der Waals surface area contributed by atoms with Crippen molar-refractivity contribution < 1.29 is 0 Å². The van der Waals surface area contributed by atoms with Crippen molar-refractivity contribution in [2.75, 3.05) is 0 Å². The van der Waals surface area contributed by atoms with Crippen molar-refractivity contribution in [2.24, 2.45) is 5.73 Å². The third-order valence-corrected chi connectivity index (χ3v) is 3.83. The van der Waals surface area contributed by atoms with E-state index in [1.165, 1.54) is 5.56 Å².